The molecule has 0 aliphatic rings. The molecule has 0 aliphatic heterocycles. The van der Waals surface area contributed by atoms with E-state index in [1.54, 1.807) is 72.8 Å². The minimum absolute atomic E-state index is 0.0540. The molecule has 0 aromatic heterocycles. The standard InChI is InChI=1S/C32H27N3O7S/c1-41-29-17-10-23(19-30(29)42-2)28(36)20-43-26-15-11-24(12-16-26)33-32(38)27(34-31(37)22-6-4-3-5-7-22)18-21-8-13-25(14-9-21)35(39)40/h3-19H,20H2,1-2H3,(H,33,38)(H,34,37)/b27-18-. The molecule has 0 bridgehead atoms. The molecule has 4 aromatic rings. The number of anilines is 1. The molecule has 0 atom stereocenters. The SMILES string of the molecule is COc1ccc(C(=O)CSc2ccc(NC(=O)/C(=C/c3ccc([N+](=O)[O-])cc3)NC(=O)c3ccccc3)cc2)cc1OC. The lowest BCUT2D eigenvalue weighted by atomic mass is 10.1. The van der Waals surface area contributed by atoms with Crippen molar-refractivity contribution < 1.29 is 28.8 Å². The third-order valence-electron chi connectivity index (χ3n) is 6.13. The Morgan fingerprint density at radius 3 is 2.14 bits per heavy atom. The molecule has 0 saturated carbocycles. The minimum atomic E-state index is -0.591. The number of Topliss-reactive ketones (excluding diaryl/α,β-unsaturated/α-hetero) is 1. The average molecular weight is 598 g/mol. The van der Waals surface area contributed by atoms with Crippen LogP contribution < -0.4 is 20.1 Å². The van der Waals surface area contributed by atoms with E-state index in [1.807, 2.05) is 0 Å². The Bertz CT molecular complexity index is 1660. The topological polar surface area (TPSA) is 137 Å². The van der Waals surface area contributed by atoms with Crippen molar-refractivity contribution in [3.63, 3.8) is 0 Å². The average Bonchev–Trinajstić information content (AvgIpc) is 3.04. The van der Waals surface area contributed by atoms with Crippen LogP contribution in [0.3, 0.4) is 0 Å². The van der Waals surface area contributed by atoms with Crippen LogP contribution in [-0.2, 0) is 4.79 Å². The molecule has 2 amide bonds. The summed E-state index contributed by atoms with van der Waals surface area (Å²) in [7, 11) is 3.03. The first kappa shape index (κ1) is 30.5. The molecule has 0 radical (unpaired) electrons. The van der Waals surface area contributed by atoms with Gasteiger partial charge in [-0.3, -0.25) is 24.5 Å². The van der Waals surface area contributed by atoms with Crippen LogP contribution >= 0.6 is 11.8 Å². The maximum Gasteiger partial charge on any atom is 0.272 e. The van der Waals surface area contributed by atoms with Gasteiger partial charge in [-0.05, 0) is 78.4 Å². The Balaban J connectivity index is 1.44. The Morgan fingerprint density at radius 1 is 0.837 bits per heavy atom. The van der Waals surface area contributed by atoms with Crippen molar-refractivity contribution in [1.82, 2.24) is 5.32 Å². The lowest BCUT2D eigenvalue weighted by Gasteiger charge is -2.12. The molecule has 218 valence electrons. The van der Waals surface area contributed by atoms with Gasteiger partial charge in [0.25, 0.3) is 17.5 Å². The molecular weight excluding hydrogens is 570 g/mol. The second kappa shape index (κ2) is 14.5. The van der Waals surface area contributed by atoms with Gasteiger partial charge in [0.15, 0.2) is 17.3 Å². The zero-order valence-electron chi connectivity index (χ0n) is 23.2. The highest BCUT2D eigenvalue weighted by Crippen LogP contribution is 2.29. The van der Waals surface area contributed by atoms with Gasteiger partial charge in [-0.2, -0.15) is 0 Å². The molecule has 0 aliphatic carbocycles. The summed E-state index contributed by atoms with van der Waals surface area (Å²) in [6.07, 6.45) is 1.43. The highest BCUT2D eigenvalue weighted by atomic mass is 32.2. The van der Waals surface area contributed by atoms with E-state index < -0.39 is 16.7 Å². The van der Waals surface area contributed by atoms with Crippen molar-refractivity contribution in [3.8, 4) is 11.5 Å². The molecule has 4 rings (SSSR count). The normalized spacial score (nSPS) is 10.9. The second-order valence-electron chi connectivity index (χ2n) is 8.99. The fraction of sp³-hybridized carbons (Fsp3) is 0.0938. The third kappa shape index (κ3) is 8.30. The van der Waals surface area contributed by atoms with Crippen LogP contribution in [0.2, 0.25) is 0 Å². The number of nitrogens with one attached hydrogen (secondary N) is 2. The van der Waals surface area contributed by atoms with Gasteiger partial charge in [-0.1, -0.05) is 18.2 Å². The summed E-state index contributed by atoms with van der Waals surface area (Å²) in [4.78, 5) is 50.1. The number of benzene rings is 4. The highest BCUT2D eigenvalue weighted by Gasteiger charge is 2.16. The van der Waals surface area contributed by atoms with E-state index in [0.717, 1.165) is 4.90 Å². The number of methoxy groups -OCH3 is 2. The first-order valence-corrected chi connectivity index (χ1v) is 13.9. The summed E-state index contributed by atoms with van der Waals surface area (Å²) in [5.41, 5.74) is 1.65. The van der Waals surface area contributed by atoms with Crippen LogP contribution in [0.1, 0.15) is 26.3 Å². The fourth-order valence-electron chi connectivity index (χ4n) is 3.88. The number of non-ortho nitro benzene ring substituents is 1. The van der Waals surface area contributed by atoms with Gasteiger partial charge in [0.05, 0.1) is 24.9 Å². The van der Waals surface area contributed by atoms with Crippen molar-refractivity contribution >= 4 is 46.8 Å². The van der Waals surface area contributed by atoms with Crippen molar-refractivity contribution in [2.45, 2.75) is 4.90 Å². The number of nitro groups is 1. The highest BCUT2D eigenvalue weighted by molar-refractivity contribution is 8.00. The van der Waals surface area contributed by atoms with Gasteiger partial charge in [-0.25, -0.2) is 0 Å². The number of hydrogen-bond acceptors (Lipinski definition) is 8. The number of nitrogens with zero attached hydrogens (tertiary/aromatic N) is 1. The van der Waals surface area contributed by atoms with Crippen LogP contribution in [0.15, 0.2) is 108 Å². The zero-order chi connectivity index (χ0) is 30.8. The third-order valence-corrected chi connectivity index (χ3v) is 7.14. The van der Waals surface area contributed by atoms with Gasteiger partial charge in [0, 0.05) is 33.8 Å². The largest absolute Gasteiger partial charge is 0.493 e. The molecule has 0 spiro atoms. The number of nitro benzene ring substituents is 1. The molecule has 4 aromatic carbocycles. The molecule has 10 nitrogen and oxygen atoms in total. The molecule has 0 unspecified atom stereocenters. The maximum atomic E-state index is 13.2. The summed E-state index contributed by atoms with van der Waals surface area (Å²) in [5, 5.41) is 16.4. The molecule has 0 saturated heterocycles. The molecule has 43 heavy (non-hydrogen) atoms. The van der Waals surface area contributed by atoms with Crippen molar-refractivity contribution in [1.29, 1.82) is 0 Å². The molecule has 0 fully saturated rings. The minimum Gasteiger partial charge on any atom is -0.493 e. The first-order valence-electron chi connectivity index (χ1n) is 12.9. The summed E-state index contributed by atoms with van der Waals surface area (Å²) >= 11 is 1.34. The number of ether oxygens (including phenoxy) is 2. The van der Waals surface area contributed by atoms with E-state index in [4.69, 9.17) is 9.47 Å². The van der Waals surface area contributed by atoms with E-state index in [2.05, 4.69) is 10.6 Å². The number of amides is 2. The van der Waals surface area contributed by atoms with Gasteiger partial charge in [-0.15, -0.1) is 11.8 Å². The number of thioether (sulfide) groups is 1. The van der Waals surface area contributed by atoms with E-state index >= 15 is 0 Å². The lowest BCUT2D eigenvalue weighted by Crippen LogP contribution is -2.30. The quantitative estimate of drug-likeness (QED) is 0.0667. The fourth-order valence-corrected chi connectivity index (χ4v) is 4.67. The predicted octanol–water partition coefficient (Wildman–Crippen LogP) is 6.00. The predicted molar refractivity (Wildman–Crippen MR) is 165 cm³/mol. The van der Waals surface area contributed by atoms with Crippen molar-refractivity contribution in [2.24, 2.45) is 0 Å². The summed E-state index contributed by atoms with van der Waals surface area (Å²) in [6, 6.07) is 25.9. The zero-order valence-corrected chi connectivity index (χ0v) is 24.1. The van der Waals surface area contributed by atoms with Gasteiger partial charge >= 0.3 is 0 Å². The van der Waals surface area contributed by atoms with Crippen LogP contribution in [-0.4, -0.2) is 42.5 Å². The van der Waals surface area contributed by atoms with E-state index in [0.29, 0.717) is 33.9 Å². The Morgan fingerprint density at radius 2 is 1.51 bits per heavy atom. The number of ketones is 1. The summed E-state index contributed by atoms with van der Waals surface area (Å²) in [5.74, 6) is 0.0320. The second-order valence-corrected chi connectivity index (χ2v) is 10.0. The molecular formula is C32H27N3O7S. The van der Waals surface area contributed by atoms with E-state index in [1.165, 1.54) is 56.3 Å². The van der Waals surface area contributed by atoms with E-state index in [9.17, 15) is 24.5 Å². The number of hydrogen-bond donors (Lipinski definition) is 2. The molecule has 0 heterocycles. The van der Waals surface area contributed by atoms with Crippen LogP contribution in [0.4, 0.5) is 11.4 Å². The Labute approximate surface area is 251 Å². The van der Waals surface area contributed by atoms with E-state index in [-0.39, 0.29) is 22.9 Å². The first-order chi connectivity index (χ1) is 20.8. The number of rotatable bonds is 12. The van der Waals surface area contributed by atoms with Crippen LogP contribution in [0.5, 0.6) is 11.5 Å². The summed E-state index contributed by atoms with van der Waals surface area (Å²) in [6.45, 7) is 0. The monoisotopic (exact) mass is 597 g/mol. The molecule has 2 N–H and O–H groups in total. The lowest BCUT2D eigenvalue weighted by molar-refractivity contribution is -0.384. The number of carbonyl (C=O) groups is 3. The smallest absolute Gasteiger partial charge is 0.272 e. The van der Waals surface area contributed by atoms with Crippen LogP contribution in [0.25, 0.3) is 6.08 Å². The van der Waals surface area contributed by atoms with Gasteiger partial charge in [0.1, 0.15) is 5.70 Å². The summed E-state index contributed by atoms with van der Waals surface area (Å²) < 4.78 is 10.5. The Hall–Kier alpha value is -5.42. The Kier molecular flexibility index (Phi) is 10.3. The van der Waals surface area contributed by atoms with Gasteiger partial charge < -0.3 is 20.1 Å². The van der Waals surface area contributed by atoms with Crippen LogP contribution in [0, 0.1) is 10.1 Å². The molecule has 11 heteroatoms. The number of carbonyl (C=O) groups excluding carboxylic acids is 3. The van der Waals surface area contributed by atoms with Gasteiger partial charge in [0.2, 0.25) is 0 Å². The van der Waals surface area contributed by atoms with Crippen molar-refractivity contribution in [3.05, 3.63) is 130 Å². The maximum absolute atomic E-state index is 13.2. The van der Waals surface area contributed by atoms with Crippen molar-refractivity contribution in [2.75, 3.05) is 25.3 Å².